The molecule has 1 rings (SSSR count). The molecule has 0 aliphatic carbocycles. The second kappa shape index (κ2) is 7.50. The van der Waals surface area contributed by atoms with Crippen LogP contribution in [0.15, 0.2) is 0 Å². The second-order valence-corrected chi connectivity index (χ2v) is 6.04. The first kappa shape index (κ1) is 16.8. The summed E-state index contributed by atoms with van der Waals surface area (Å²) in [4.78, 5) is 25.3. The Morgan fingerprint density at radius 2 is 1.85 bits per heavy atom. The van der Waals surface area contributed by atoms with E-state index in [4.69, 9.17) is 0 Å². The molecule has 0 radical (unpaired) electrons. The normalized spacial score (nSPS) is 19.4. The molecule has 1 heterocycles. The number of nitrogens with one attached hydrogen (secondary N) is 1. The summed E-state index contributed by atoms with van der Waals surface area (Å²) in [5.74, 6) is -0.251. The minimum atomic E-state index is -1.16. The fourth-order valence-corrected chi connectivity index (χ4v) is 2.87. The number of rotatable bonds is 6. The van der Waals surface area contributed by atoms with Crippen molar-refractivity contribution in [3.63, 3.8) is 0 Å². The number of amides is 2. The molecule has 0 saturated carbocycles. The van der Waals surface area contributed by atoms with Crippen molar-refractivity contribution in [1.29, 1.82) is 0 Å². The lowest BCUT2D eigenvalue weighted by atomic mass is 9.92. The summed E-state index contributed by atoms with van der Waals surface area (Å²) in [6.45, 7) is 7.16. The van der Waals surface area contributed by atoms with Crippen molar-refractivity contribution < 1.29 is 14.7 Å². The van der Waals surface area contributed by atoms with Crippen molar-refractivity contribution in [3.8, 4) is 0 Å². The number of nitrogens with zero attached hydrogens (tertiary/aromatic N) is 1. The summed E-state index contributed by atoms with van der Waals surface area (Å²) in [6.07, 6.45) is 5.63. The van der Waals surface area contributed by atoms with Crippen LogP contribution in [-0.4, -0.2) is 40.6 Å². The van der Waals surface area contributed by atoms with Gasteiger partial charge in [-0.3, -0.25) is 0 Å². The Morgan fingerprint density at radius 1 is 1.25 bits per heavy atom. The molecular weight excluding hydrogens is 256 g/mol. The van der Waals surface area contributed by atoms with E-state index in [1.807, 2.05) is 6.92 Å². The van der Waals surface area contributed by atoms with E-state index >= 15 is 0 Å². The number of hydrogen-bond acceptors (Lipinski definition) is 2. The van der Waals surface area contributed by atoms with Gasteiger partial charge >= 0.3 is 12.0 Å². The number of likely N-dealkylation sites (tertiary alicyclic amines) is 1. The molecule has 2 amide bonds. The van der Waals surface area contributed by atoms with Crippen LogP contribution in [0.1, 0.15) is 59.3 Å². The predicted octanol–water partition coefficient (Wildman–Crippen LogP) is 2.85. The van der Waals surface area contributed by atoms with Gasteiger partial charge in [-0.1, -0.05) is 33.1 Å². The van der Waals surface area contributed by atoms with Crippen LogP contribution in [-0.2, 0) is 4.79 Å². The minimum absolute atomic E-state index is 0.238. The highest BCUT2D eigenvalue weighted by Gasteiger charge is 2.35. The first-order valence-electron chi connectivity index (χ1n) is 7.73. The average Bonchev–Trinajstić information content (AvgIpc) is 2.40. The van der Waals surface area contributed by atoms with Gasteiger partial charge in [0, 0.05) is 13.1 Å². The third-order valence-electron chi connectivity index (χ3n) is 4.20. The Balaban J connectivity index is 2.52. The smallest absolute Gasteiger partial charge is 0.329 e. The number of carboxylic acids is 1. The lowest BCUT2D eigenvalue weighted by Gasteiger charge is -2.35. The van der Waals surface area contributed by atoms with Crippen molar-refractivity contribution in [2.75, 3.05) is 13.1 Å². The zero-order valence-corrected chi connectivity index (χ0v) is 12.9. The van der Waals surface area contributed by atoms with Crippen LogP contribution in [0.5, 0.6) is 0 Å². The maximum atomic E-state index is 12.2. The first-order valence-corrected chi connectivity index (χ1v) is 7.73. The number of piperidine rings is 1. The van der Waals surface area contributed by atoms with E-state index in [2.05, 4.69) is 12.2 Å². The molecule has 1 unspecified atom stereocenters. The summed E-state index contributed by atoms with van der Waals surface area (Å²) in [7, 11) is 0. The zero-order valence-electron chi connectivity index (χ0n) is 12.9. The molecular formula is C15H28N2O3. The Bertz CT molecular complexity index is 338. The van der Waals surface area contributed by atoms with Crippen LogP contribution in [0.2, 0.25) is 0 Å². The van der Waals surface area contributed by atoms with Gasteiger partial charge in [-0.15, -0.1) is 0 Å². The number of carbonyl (C=O) groups excluding carboxylic acids is 1. The molecule has 0 spiro atoms. The van der Waals surface area contributed by atoms with Crippen molar-refractivity contribution in [2.45, 2.75) is 64.8 Å². The molecule has 5 nitrogen and oxygen atoms in total. The van der Waals surface area contributed by atoms with E-state index in [0.29, 0.717) is 12.3 Å². The van der Waals surface area contributed by atoms with Crippen LogP contribution in [0.25, 0.3) is 0 Å². The summed E-state index contributed by atoms with van der Waals surface area (Å²) in [5, 5.41) is 12.0. The SMILES string of the molecule is CCCC1CCN(C(=O)NC(C)(CCC)C(=O)O)CC1. The van der Waals surface area contributed by atoms with E-state index in [1.165, 1.54) is 12.8 Å². The van der Waals surface area contributed by atoms with E-state index in [9.17, 15) is 14.7 Å². The Labute approximate surface area is 121 Å². The molecule has 0 bridgehead atoms. The average molecular weight is 284 g/mol. The number of hydrogen-bond donors (Lipinski definition) is 2. The lowest BCUT2D eigenvalue weighted by Crippen LogP contribution is -2.57. The summed E-state index contributed by atoms with van der Waals surface area (Å²) >= 11 is 0. The van der Waals surface area contributed by atoms with Gasteiger partial charge in [0.25, 0.3) is 0 Å². The highest BCUT2D eigenvalue weighted by Crippen LogP contribution is 2.22. The largest absolute Gasteiger partial charge is 0.480 e. The lowest BCUT2D eigenvalue weighted by molar-refractivity contribution is -0.144. The molecule has 1 atom stereocenters. The summed E-state index contributed by atoms with van der Waals surface area (Å²) < 4.78 is 0. The molecule has 0 aromatic rings. The number of aliphatic carboxylic acids is 1. The van der Waals surface area contributed by atoms with Gasteiger partial charge < -0.3 is 15.3 Å². The Hall–Kier alpha value is -1.26. The van der Waals surface area contributed by atoms with E-state index in [0.717, 1.165) is 32.4 Å². The second-order valence-electron chi connectivity index (χ2n) is 6.04. The standard InChI is InChI=1S/C15H28N2O3/c1-4-6-12-7-10-17(11-8-12)14(20)16-15(3,9-5-2)13(18)19/h12H,4-11H2,1-3H3,(H,16,20)(H,18,19). The number of carbonyl (C=O) groups is 2. The van der Waals surface area contributed by atoms with Gasteiger partial charge in [0.15, 0.2) is 0 Å². The third-order valence-corrected chi connectivity index (χ3v) is 4.20. The van der Waals surface area contributed by atoms with Crippen molar-refractivity contribution >= 4 is 12.0 Å². The Morgan fingerprint density at radius 3 is 2.30 bits per heavy atom. The molecule has 1 aliphatic heterocycles. The van der Waals surface area contributed by atoms with Gasteiger partial charge in [0.1, 0.15) is 5.54 Å². The molecule has 1 aliphatic rings. The quantitative estimate of drug-likeness (QED) is 0.788. The maximum Gasteiger partial charge on any atom is 0.329 e. The van der Waals surface area contributed by atoms with Crippen LogP contribution >= 0.6 is 0 Å². The monoisotopic (exact) mass is 284 g/mol. The highest BCUT2D eigenvalue weighted by molar-refractivity contribution is 5.85. The topological polar surface area (TPSA) is 69.6 Å². The van der Waals surface area contributed by atoms with Gasteiger partial charge in [-0.25, -0.2) is 9.59 Å². The van der Waals surface area contributed by atoms with Crippen LogP contribution in [0, 0.1) is 5.92 Å². The first-order chi connectivity index (χ1) is 9.42. The summed E-state index contributed by atoms with van der Waals surface area (Å²) in [6, 6.07) is -0.238. The van der Waals surface area contributed by atoms with Crippen LogP contribution in [0.4, 0.5) is 4.79 Å². The molecule has 0 aromatic heterocycles. The van der Waals surface area contributed by atoms with Gasteiger partial charge in [-0.2, -0.15) is 0 Å². The van der Waals surface area contributed by atoms with Crippen LogP contribution in [0.3, 0.4) is 0 Å². The van der Waals surface area contributed by atoms with Crippen molar-refractivity contribution in [2.24, 2.45) is 5.92 Å². The fourth-order valence-electron chi connectivity index (χ4n) is 2.87. The molecule has 0 aromatic carbocycles. The molecule has 20 heavy (non-hydrogen) atoms. The van der Waals surface area contributed by atoms with Crippen molar-refractivity contribution in [3.05, 3.63) is 0 Å². The fraction of sp³-hybridized carbons (Fsp3) is 0.867. The number of carboxylic acid groups (broad SMARTS) is 1. The van der Waals surface area contributed by atoms with E-state index in [1.54, 1.807) is 11.8 Å². The Kier molecular flexibility index (Phi) is 6.30. The molecule has 5 heteroatoms. The molecule has 2 N–H and O–H groups in total. The molecule has 116 valence electrons. The maximum absolute atomic E-state index is 12.2. The van der Waals surface area contributed by atoms with Gasteiger partial charge in [-0.05, 0) is 32.1 Å². The van der Waals surface area contributed by atoms with E-state index < -0.39 is 11.5 Å². The van der Waals surface area contributed by atoms with Crippen LogP contribution < -0.4 is 5.32 Å². The zero-order chi connectivity index (χ0) is 15.2. The van der Waals surface area contributed by atoms with E-state index in [-0.39, 0.29) is 6.03 Å². The molecule has 1 fully saturated rings. The molecule has 1 saturated heterocycles. The van der Waals surface area contributed by atoms with Crippen molar-refractivity contribution in [1.82, 2.24) is 10.2 Å². The highest BCUT2D eigenvalue weighted by atomic mass is 16.4. The van der Waals surface area contributed by atoms with Gasteiger partial charge in [0.2, 0.25) is 0 Å². The van der Waals surface area contributed by atoms with Gasteiger partial charge in [0.05, 0.1) is 0 Å². The number of urea groups is 1. The third kappa shape index (κ3) is 4.39. The predicted molar refractivity (Wildman–Crippen MR) is 78.7 cm³/mol. The summed E-state index contributed by atoms with van der Waals surface area (Å²) in [5.41, 5.74) is -1.16. The minimum Gasteiger partial charge on any atom is -0.480 e.